The first-order valence-electron chi connectivity index (χ1n) is 10.2. The molecule has 2 aromatic rings. The van der Waals surface area contributed by atoms with E-state index in [2.05, 4.69) is 34.1 Å². The highest BCUT2D eigenvalue weighted by Gasteiger charge is 2.37. The maximum absolute atomic E-state index is 11.5. The maximum atomic E-state index is 11.5. The molecule has 3 heterocycles. The van der Waals surface area contributed by atoms with Crippen LogP contribution in [-0.2, 0) is 14.3 Å². The number of nitrogens with two attached hydrogens (primary N) is 1. The average molecular weight is 471 g/mol. The smallest absolute Gasteiger partial charge is 0.219 e. The van der Waals surface area contributed by atoms with Gasteiger partial charge in [-0.15, -0.1) is 0 Å². The van der Waals surface area contributed by atoms with E-state index in [1.807, 2.05) is 11.5 Å². The predicted octanol–water partition coefficient (Wildman–Crippen LogP) is 2.11. The molecule has 1 aliphatic rings. The molecule has 31 heavy (non-hydrogen) atoms. The summed E-state index contributed by atoms with van der Waals surface area (Å²) in [5.74, 6) is 0.848. The summed E-state index contributed by atoms with van der Waals surface area (Å²) < 4.78 is 14.0. The number of aliphatic hydroxyl groups is 1. The van der Waals surface area contributed by atoms with Crippen molar-refractivity contribution in [3.63, 3.8) is 0 Å². The molecule has 1 amide bonds. The van der Waals surface area contributed by atoms with Crippen molar-refractivity contribution in [2.45, 2.75) is 63.2 Å². The van der Waals surface area contributed by atoms with Gasteiger partial charge in [0.15, 0.2) is 11.5 Å². The monoisotopic (exact) mass is 470 g/mol. The van der Waals surface area contributed by atoms with Crippen molar-refractivity contribution < 1.29 is 19.4 Å². The van der Waals surface area contributed by atoms with Gasteiger partial charge in [0.1, 0.15) is 24.0 Å². The van der Waals surface area contributed by atoms with Gasteiger partial charge in [0, 0.05) is 30.7 Å². The van der Waals surface area contributed by atoms with E-state index in [0.717, 1.165) is 0 Å². The third-order valence-electron chi connectivity index (χ3n) is 4.94. The van der Waals surface area contributed by atoms with Crippen LogP contribution >= 0.6 is 21.6 Å². The summed E-state index contributed by atoms with van der Waals surface area (Å²) in [6, 6.07) is 0. The van der Waals surface area contributed by atoms with Crippen LogP contribution in [0.4, 0.5) is 5.82 Å². The minimum absolute atomic E-state index is 0.0170. The molecule has 0 saturated carbocycles. The molecule has 0 bridgehead atoms. The standard InChI is InChI=1S/C19H30N6O4S2/c1-4-14(27)21-8-19(2,3)31-30-11-28-13-7-15(29-12(13)5-6-26)25-10-24-16-17(20)22-9-23-18(16)25/h9-10,12-13,15,26H,4-8,11H2,1-3H3,(H,21,27)(H2,20,22,23)/t12?,13-,15-/m1/s1. The highest BCUT2D eigenvalue weighted by atomic mass is 33.1. The SMILES string of the molecule is CCC(=O)NCC(C)(C)SSCO[C@@H]1C[C@H](n2cnc3c(N)ncnc32)OC1CCO. The molecular formula is C19H30N6O4S2. The molecule has 3 rings (SSSR count). The van der Waals surface area contributed by atoms with Gasteiger partial charge in [-0.25, -0.2) is 15.0 Å². The second kappa shape index (κ2) is 10.8. The lowest BCUT2D eigenvalue weighted by atomic mass is 10.1. The Balaban J connectivity index is 1.54. The number of nitrogens with zero attached hydrogens (tertiary/aromatic N) is 4. The van der Waals surface area contributed by atoms with E-state index in [1.54, 1.807) is 27.9 Å². The van der Waals surface area contributed by atoms with Crippen LogP contribution in [0, 0.1) is 0 Å². The van der Waals surface area contributed by atoms with Gasteiger partial charge in [-0.05, 0) is 20.3 Å². The lowest BCUT2D eigenvalue weighted by molar-refractivity contribution is -0.120. The quantitative estimate of drug-likeness (QED) is 0.254. The predicted molar refractivity (Wildman–Crippen MR) is 122 cm³/mol. The van der Waals surface area contributed by atoms with Crippen LogP contribution in [-0.4, -0.2) is 66.6 Å². The largest absolute Gasteiger partial charge is 0.396 e. The molecule has 12 heteroatoms. The molecule has 4 N–H and O–H groups in total. The summed E-state index contributed by atoms with van der Waals surface area (Å²) in [5.41, 5.74) is 7.03. The molecule has 1 aliphatic heterocycles. The number of anilines is 1. The zero-order valence-electron chi connectivity index (χ0n) is 18.0. The molecule has 1 unspecified atom stereocenters. The lowest BCUT2D eigenvalue weighted by Crippen LogP contribution is -2.35. The summed E-state index contributed by atoms with van der Waals surface area (Å²) in [6.07, 6.45) is 3.94. The van der Waals surface area contributed by atoms with Gasteiger partial charge in [-0.2, -0.15) is 0 Å². The van der Waals surface area contributed by atoms with Crippen molar-refractivity contribution in [3.05, 3.63) is 12.7 Å². The van der Waals surface area contributed by atoms with Gasteiger partial charge in [0.25, 0.3) is 0 Å². The first kappa shape index (κ1) is 24.1. The number of aromatic nitrogens is 4. The molecule has 2 aromatic heterocycles. The highest BCUT2D eigenvalue weighted by molar-refractivity contribution is 8.77. The summed E-state index contributed by atoms with van der Waals surface area (Å²) in [5, 5.41) is 12.4. The number of nitrogens with one attached hydrogen (secondary N) is 1. The second-order valence-electron chi connectivity index (χ2n) is 7.87. The minimum Gasteiger partial charge on any atom is -0.396 e. The number of hydrogen-bond acceptors (Lipinski definition) is 10. The Morgan fingerprint density at radius 2 is 2.26 bits per heavy atom. The molecule has 1 fully saturated rings. The van der Waals surface area contributed by atoms with Crippen LogP contribution in [0.25, 0.3) is 11.2 Å². The van der Waals surface area contributed by atoms with E-state index in [4.69, 9.17) is 15.2 Å². The van der Waals surface area contributed by atoms with Crippen molar-refractivity contribution in [1.29, 1.82) is 0 Å². The number of carbonyl (C=O) groups is 1. The molecule has 10 nitrogen and oxygen atoms in total. The van der Waals surface area contributed by atoms with E-state index in [0.29, 0.717) is 48.7 Å². The maximum Gasteiger partial charge on any atom is 0.219 e. The van der Waals surface area contributed by atoms with Crippen LogP contribution in [0.3, 0.4) is 0 Å². The number of nitrogen functional groups attached to an aromatic ring is 1. The van der Waals surface area contributed by atoms with E-state index in [1.165, 1.54) is 6.33 Å². The number of hydrogen-bond donors (Lipinski definition) is 3. The van der Waals surface area contributed by atoms with Crippen molar-refractivity contribution in [2.24, 2.45) is 0 Å². The Bertz CT molecular complexity index is 880. The van der Waals surface area contributed by atoms with Crippen molar-refractivity contribution in [3.8, 4) is 0 Å². The Kier molecular flexibility index (Phi) is 8.39. The van der Waals surface area contributed by atoms with Gasteiger partial charge in [0.05, 0.1) is 18.5 Å². The fraction of sp³-hybridized carbons (Fsp3) is 0.684. The van der Waals surface area contributed by atoms with Crippen LogP contribution in [0.1, 0.15) is 46.3 Å². The topological polar surface area (TPSA) is 137 Å². The molecule has 0 aromatic carbocycles. The molecular weight excluding hydrogens is 440 g/mol. The number of rotatable bonds is 11. The second-order valence-corrected chi connectivity index (χ2v) is 10.8. The van der Waals surface area contributed by atoms with E-state index >= 15 is 0 Å². The Morgan fingerprint density at radius 1 is 1.45 bits per heavy atom. The van der Waals surface area contributed by atoms with E-state index in [-0.39, 0.29) is 35.7 Å². The first-order chi connectivity index (χ1) is 14.8. The van der Waals surface area contributed by atoms with E-state index < -0.39 is 0 Å². The number of fused-ring (bicyclic) bond motifs is 1. The van der Waals surface area contributed by atoms with Crippen molar-refractivity contribution >= 4 is 44.5 Å². The number of imidazole rings is 1. The molecule has 172 valence electrons. The van der Waals surface area contributed by atoms with Gasteiger partial charge in [0.2, 0.25) is 5.91 Å². The molecule has 0 spiro atoms. The normalized spacial score (nSPS) is 21.6. The number of ether oxygens (including phenoxy) is 2. The average Bonchev–Trinajstić information content (AvgIpc) is 3.35. The van der Waals surface area contributed by atoms with Crippen LogP contribution in [0.15, 0.2) is 12.7 Å². The van der Waals surface area contributed by atoms with Crippen LogP contribution < -0.4 is 11.1 Å². The number of amides is 1. The zero-order chi connectivity index (χ0) is 22.4. The van der Waals surface area contributed by atoms with Crippen molar-refractivity contribution in [2.75, 3.05) is 24.8 Å². The zero-order valence-corrected chi connectivity index (χ0v) is 19.6. The van der Waals surface area contributed by atoms with Gasteiger partial charge >= 0.3 is 0 Å². The Hall–Kier alpha value is -1.60. The van der Waals surface area contributed by atoms with Crippen LogP contribution in [0.5, 0.6) is 0 Å². The third kappa shape index (κ3) is 6.22. The van der Waals surface area contributed by atoms with Gasteiger partial charge in [-0.3, -0.25) is 9.36 Å². The van der Waals surface area contributed by atoms with Gasteiger partial charge in [-0.1, -0.05) is 28.5 Å². The minimum atomic E-state index is -0.306. The molecule has 3 atom stereocenters. The Labute approximate surface area is 189 Å². The molecule has 0 aliphatic carbocycles. The highest BCUT2D eigenvalue weighted by Crippen LogP contribution is 2.38. The summed E-state index contributed by atoms with van der Waals surface area (Å²) in [4.78, 5) is 24.0. The molecule has 1 saturated heterocycles. The summed E-state index contributed by atoms with van der Waals surface area (Å²) in [7, 11) is 3.27. The number of carbonyl (C=O) groups excluding carboxylic acids is 1. The fourth-order valence-corrected chi connectivity index (χ4v) is 5.45. The van der Waals surface area contributed by atoms with E-state index in [9.17, 15) is 9.90 Å². The third-order valence-corrected chi connectivity index (χ3v) is 7.88. The van der Waals surface area contributed by atoms with Gasteiger partial charge < -0.3 is 25.6 Å². The number of aliphatic hydroxyl groups excluding tert-OH is 1. The molecule has 0 radical (unpaired) electrons. The van der Waals surface area contributed by atoms with Crippen LogP contribution in [0.2, 0.25) is 0 Å². The summed E-state index contributed by atoms with van der Waals surface area (Å²) >= 11 is 0. The first-order valence-corrected chi connectivity index (χ1v) is 12.5. The fourth-order valence-electron chi connectivity index (χ4n) is 3.28. The lowest BCUT2D eigenvalue weighted by Gasteiger charge is -2.24. The van der Waals surface area contributed by atoms with Crippen molar-refractivity contribution in [1.82, 2.24) is 24.8 Å². The Morgan fingerprint density at radius 3 is 3.00 bits per heavy atom. The summed E-state index contributed by atoms with van der Waals surface area (Å²) in [6.45, 7) is 6.62.